The molecular formula is C12H18O6S. The summed E-state index contributed by atoms with van der Waals surface area (Å²) in [6.07, 6.45) is 1.29. The van der Waals surface area contributed by atoms with Crippen LogP contribution >= 0.6 is 11.8 Å². The van der Waals surface area contributed by atoms with Gasteiger partial charge in [-0.25, -0.2) is 0 Å². The zero-order valence-corrected chi connectivity index (χ0v) is 12.1. The third kappa shape index (κ3) is 5.50. The summed E-state index contributed by atoms with van der Waals surface area (Å²) in [5.41, 5.74) is -0.288. The highest BCUT2D eigenvalue weighted by Gasteiger charge is 2.43. The van der Waals surface area contributed by atoms with Gasteiger partial charge in [0.15, 0.2) is 0 Å². The molecule has 0 aromatic carbocycles. The first-order valence-electron chi connectivity index (χ1n) is 5.95. The van der Waals surface area contributed by atoms with Crippen LogP contribution in [-0.4, -0.2) is 41.3 Å². The van der Waals surface area contributed by atoms with Crippen molar-refractivity contribution in [2.75, 3.05) is 13.2 Å². The van der Waals surface area contributed by atoms with E-state index in [9.17, 15) is 14.4 Å². The van der Waals surface area contributed by atoms with E-state index in [0.717, 1.165) is 0 Å². The summed E-state index contributed by atoms with van der Waals surface area (Å²) in [5.74, 6) is -1.13. The Labute approximate surface area is 116 Å². The Morgan fingerprint density at radius 1 is 1.05 bits per heavy atom. The van der Waals surface area contributed by atoms with Gasteiger partial charge in [-0.2, -0.15) is 0 Å². The SMILES string of the molecule is CC(=O)OCC1(COC(C)=O)CC[C@H](OC(C)=O)S1. The Balaban J connectivity index is 2.62. The minimum atomic E-state index is -0.530. The first-order valence-corrected chi connectivity index (χ1v) is 6.83. The molecule has 1 saturated heterocycles. The predicted molar refractivity (Wildman–Crippen MR) is 68.4 cm³/mol. The van der Waals surface area contributed by atoms with E-state index in [1.807, 2.05) is 0 Å². The van der Waals surface area contributed by atoms with Crippen molar-refractivity contribution in [1.82, 2.24) is 0 Å². The molecule has 108 valence electrons. The van der Waals surface area contributed by atoms with Crippen molar-refractivity contribution in [3.05, 3.63) is 0 Å². The van der Waals surface area contributed by atoms with Crippen LogP contribution in [0.3, 0.4) is 0 Å². The number of hydrogen-bond acceptors (Lipinski definition) is 7. The molecule has 7 heteroatoms. The maximum atomic E-state index is 10.9. The number of carbonyl (C=O) groups is 3. The van der Waals surface area contributed by atoms with Gasteiger partial charge in [-0.1, -0.05) is 0 Å². The molecule has 0 bridgehead atoms. The summed E-state index contributed by atoms with van der Waals surface area (Å²) >= 11 is 1.37. The average molecular weight is 290 g/mol. The van der Waals surface area contributed by atoms with Crippen LogP contribution in [0.15, 0.2) is 0 Å². The summed E-state index contributed by atoms with van der Waals surface area (Å²) < 4.78 is 14.6. The monoisotopic (exact) mass is 290 g/mol. The fraction of sp³-hybridized carbons (Fsp3) is 0.750. The van der Waals surface area contributed by atoms with Gasteiger partial charge in [0.05, 0.1) is 4.75 Å². The summed E-state index contributed by atoms with van der Waals surface area (Å²) in [6.45, 7) is 4.26. The number of hydrogen-bond donors (Lipinski definition) is 0. The molecule has 1 rings (SSSR count). The van der Waals surface area contributed by atoms with Gasteiger partial charge in [-0.05, 0) is 12.8 Å². The topological polar surface area (TPSA) is 78.9 Å². The Morgan fingerprint density at radius 2 is 1.58 bits per heavy atom. The first kappa shape index (κ1) is 15.8. The highest BCUT2D eigenvalue weighted by atomic mass is 32.2. The predicted octanol–water partition coefficient (Wildman–Crippen LogP) is 1.27. The third-order valence-electron chi connectivity index (χ3n) is 2.59. The molecular weight excluding hydrogens is 272 g/mol. The van der Waals surface area contributed by atoms with Crippen molar-refractivity contribution < 1.29 is 28.6 Å². The molecule has 0 radical (unpaired) electrons. The maximum Gasteiger partial charge on any atom is 0.303 e. The second kappa shape index (κ2) is 6.79. The van der Waals surface area contributed by atoms with Gasteiger partial charge in [0, 0.05) is 20.8 Å². The molecule has 0 amide bonds. The number of ether oxygens (including phenoxy) is 3. The minimum Gasteiger partial charge on any atom is -0.464 e. The molecule has 0 aromatic rings. The van der Waals surface area contributed by atoms with E-state index in [4.69, 9.17) is 14.2 Å². The lowest BCUT2D eigenvalue weighted by Crippen LogP contribution is -2.35. The second-order valence-corrected chi connectivity index (χ2v) is 6.07. The summed E-state index contributed by atoms with van der Waals surface area (Å²) in [4.78, 5) is 32.8. The van der Waals surface area contributed by atoms with Crippen molar-refractivity contribution in [1.29, 1.82) is 0 Å². The zero-order valence-electron chi connectivity index (χ0n) is 11.3. The molecule has 1 fully saturated rings. The molecule has 0 aliphatic carbocycles. The molecule has 0 spiro atoms. The second-order valence-electron chi connectivity index (χ2n) is 4.44. The van der Waals surface area contributed by atoms with Crippen LogP contribution in [0.2, 0.25) is 0 Å². The van der Waals surface area contributed by atoms with Gasteiger partial charge < -0.3 is 14.2 Å². The van der Waals surface area contributed by atoms with Gasteiger partial charge in [-0.3, -0.25) is 14.4 Å². The Hall–Kier alpha value is -1.24. The lowest BCUT2D eigenvalue weighted by atomic mass is 10.1. The molecule has 1 heterocycles. The lowest BCUT2D eigenvalue weighted by molar-refractivity contribution is -0.145. The quantitative estimate of drug-likeness (QED) is 0.557. The van der Waals surface area contributed by atoms with E-state index in [-0.39, 0.29) is 24.6 Å². The third-order valence-corrected chi connectivity index (χ3v) is 4.13. The van der Waals surface area contributed by atoms with E-state index in [1.165, 1.54) is 32.5 Å². The average Bonchev–Trinajstić information content (AvgIpc) is 2.67. The highest BCUT2D eigenvalue weighted by Crippen LogP contribution is 2.44. The molecule has 1 aliphatic heterocycles. The fourth-order valence-electron chi connectivity index (χ4n) is 1.77. The van der Waals surface area contributed by atoms with E-state index >= 15 is 0 Å². The number of carbonyl (C=O) groups excluding carboxylic acids is 3. The summed E-state index contributed by atoms with van der Waals surface area (Å²) in [5, 5.41) is 0. The maximum absolute atomic E-state index is 10.9. The van der Waals surface area contributed by atoms with Crippen LogP contribution in [0, 0.1) is 0 Å². The van der Waals surface area contributed by atoms with Crippen LogP contribution in [0.5, 0.6) is 0 Å². The number of rotatable bonds is 5. The van der Waals surface area contributed by atoms with Gasteiger partial charge in [0.2, 0.25) is 0 Å². The normalized spacial score (nSPS) is 20.7. The smallest absolute Gasteiger partial charge is 0.303 e. The van der Waals surface area contributed by atoms with Crippen molar-refractivity contribution in [2.24, 2.45) is 0 Å². The van der Waals surface area contributed by atoms with E-state index in [0.29, 0.717) is 12.8 Å². The zero-order chi connectivity index (χ0) is 14.5. The minimum absolute atomic E-state index is 0.137. The van der Waals surface area contributed by atoms with Crippen LogP contribution in [0.25, 0.3) is 0 Å². The summed E-state index contributed by atoms with van der Waals surface area (Å²) in [6, 6.07) is 0. The van der Waals surface area contributed by atoms with Crippen molar-refractivity contribution in [2.45, 2.75) is 43.8 Å². The van der Waals surface area contributed by atoms with Crippen molar-refractivity contribution in [3.8, 4) is 0 Å². The molecule has 1 atom stereocenters. The molecule has 0 aromatic heterocycles. The van der Waals surface area contributed by atoms with Gasteiger partial charge in [0.25, 0.3) is 0 Å². The van der Waals surface area contributed by atoms with E-state index < -0.39 is 16.7 Å². The van der Waals surface area contributed by atoms with Crippen molar-refractivity contribution >= 4 is 29.7 Å². The van der Waals surface area contributed by atoms with E-state index in [2.05, 4.69) is 0 Å². The number of thioether (sulfide) groups is 1. The van der Waals surface area contributed by atoms with Crippen LogP contribution in [0.1, 0.15) is 33.6 Å². The van der Waals surface area contributed by atoms with Gasteiger partial charge >= 0.3 is 17.9 Å². The van der Waals surface area contributed by atoms with Crippen LogP contribution < -0.4 is 0 Å². The molecule has 0 N–H and O–H groups in total. The van der Waals surface area contributed by atoms with Crippen LogP contribution in [0.4, 0.5) is 0 Å². The number of esters is 3. The molecule has 0 saturated carbocycles. The standard InChI is InChI=1S/C12H18O6S/c1-8(13)16-6-12(7-17-9(2)14)5-4-11(19-12)18-10(3)15/h11H,4-7H2,1-3H3/t11-/m1/s1. The Bertz CT molecular complexity index is 349. The van der Waals surface area contributed by atoms with Crippen LogP contribution in [-0.2, 0) is 28.6 Å². The fourth-order valence-corrected chi connectivity index (χ4v) is 3.23. The largest absolute Gasteiger partial charge is 0.464 e. The lowest BCUT2D eigenvalue weighted by Gasteiger charge is -2.26. The molecule has 1 aliphatic rings. The summed E-state index contributed by atoms with van der Waals surface area (Å²) in [7, 11) is 0. The first-order chi connectivity index (χ1) is 8.83. The van der Waals surface area contributed by atoms with Crippen molar-refractivity contribution in [3.63, 3.8) is 0 Å². The Morgan fingerprint density at radius 3 is 2.00 bits per heavy atom. The Kier molecular flexibility index (Phi) is 5.65. The van der Waals surface area contributed by atoms with E-state index in [1.54, 1.807) is 0 Å². The van der Waals surface area contributed by atoms with Gasteiger partial charge in [0.1, 0.15) is 18.6 Å². The van der Waals surface area contributed by atoms with Gasteiger partial charge in [-0.15, -0.1) is 11.8 Å². The molecule has 6 nitrogen and oxygen atoms in total. The molecule has 0 unspecified atom stereocenters. The molecule has 19 heavy (non-hydrogen) atoms. The highest BCUT2D eigenvalue weighted by molar-refractivity contribution is 8.01.